The first-order valence-electron chi connectivity index (χ1n) is 5.51. The number of aliphatic hydroxyl groups excluding tert-OH is 1. The monoisotopic (exact) mass is 240 g/mol. The number of benzene rings is 1. The Hall–Kier alpha value is -2.38. The Labute approximate surface area is 105 Å². The van der Waals surface area contributed by atoms with E-state index in [0.717, 1.165) is 0 Å². The van der Waals surface area contributed by atoms with Crippen LogP contribution < -0.4 is 4.74 Å². The van der Waals surface area contributed by atoms with E-state index in [0.29, 0.717) is 22.8 Å². The Morgan fingerprint density at radius 3 is 2.67 bits per heavy atom. The number of hydrogen-bond acceptors (Lipinski definition) is 4. The van der Waals surface area contributed by atoms with Crippen LogP contribution in [0, 0.1) is 11.3 Å². The zero-order valence-corrected chi connectivity index (χ0v) is 9.87. The van der Waals surface area contributed by atoms with Crippen LogP contribution in [0.1, 0.15) is 24.3 Å². The highest BCUT2D eigenvalue weighted by Gasteiger charge is 2.05. The Morgan fingerprint density at radius 2 is 2.06 bits per heavy atom. The van der Waals surface area contributed by atoms with Gasteiger partial charge in [0, 0.05) is 0 Å². The van der Waals surface area contributed by atoms with Crippen LogP contribution >= 0.6 is 0 Å². The molecule has 4 heteroatoms. The van der Waals surface area contributed by atoms with Crippen LogP contribution in [0.25, 0.3) is 0 Å². The van der Waals surface area contributed by atoms with Crippen molar-refractivity contribution in [3.05, 3.63) is 53.9 Å². The molecule has 4 nitrogen and oxygen atoms in total. The van der Waals surface area contributed by atoms with Gasteiger partial charge in [0.25, 0.3) is 0 Å². The molecule has 1 aromatic heterocycles. The maximum Gasteiger partial charge on any atom is 0.145 e. The van der Waals surface area contributed by atoms with Crippen LogP contribution in [0.2, 0.25) is 0 Å². The molecule has 1 atom stereocenters. The SMILES string of the molecule is CC(O)c1ccc(Oc2ccccc2C#N)cn1. The van der Waals surface area contributed by atoms with Gasteiger partial charge in [-0.1, -0.05) is 12.1 Å². The lowest BCUT2D eigenvalue weighted by molar-refractivity contribution is 0.194. The zero-order valence-electron chi connectivity index (χ0n) is 9.87. The van der Waals surface area contributed by atoms with Gasteiger partial charge in [-0.3, -0.25) is 4.98 Å². The van der Waals surface area contributed by atoms with E-state index in [1.807, 2.05) is 0 Å². The molecule has 90 valence electrons. The standard InChI is InChI=1S/C14H12N2O2/c1-10(17)13-7-6-12(9-16-13)18-14-5-3-2-4-11(14)8-15/h2-7,9-10,17H,1H3. The number of para-hydroxylation sites is 1. The van der Waals surface area contributed by atoms with Crippen molar-refractivity contribution in [2.24, 2.45) is 0 Å². The molecule has 0 aliphatic heterocycles. The summed E-state index contributed by atoms with van der Waals surface area (Å²) in [5.74, 6) is 1.02. The van der Waals surface area contributed by atoms with Crippen molar-refractivity contribution in [3.63, 3.8) is 0 Å². The summed E-state index contributed by atoms with van der Waals surface area (Å²) in [6, 6.07) is 12.4. The Kier molecular flexibility index (Phi) is 3.56. The predicted molar refractivity (Wildman–Crippen MR) is 66.1 cm³/mol. The van der Waals surface area contributed by atoms with Crippen LogP contribution in [0.3, 0.4) is 0 Å². The molecule has 2 rings (SSSR count). The number of aliphatic hydroxyl groups is 1. The molecule has 0 aliphatic rings. The summed E-state index contributed by atoms with van der Waals surface area (Å²) in [5.41, 5.74) is 1.05. The molecule has 1 unspecified atom stereocenters. The largest absolute Gasteiger partial charge is 0.454 e. The molecule has 2 aromatic rings. The molecule has 0 bridgehead atoms. The highest BCUT2D eigenvalue weighted by molar-refractivity contribution is 5.44. The maximum absolute atomic E-state index is 9.34. The molecule has 1 aromatic carbocycles. The molecule has 0 spiro atoms. The lowest BCUT2D eigenvalue weighted by Crippen LogP contribution is -1.95. The Balaban J connectivity index is 2.22. The van der Waals surface area contributed by atoms with Gasteiger partial charge in [-0.15, -0.1) is 0 Å². The summed E-state index contributed by atoms with van der Waals surface area (Å²) in [7, 11) is 0. The molecule has 0 aliphatic carbocycles. The van der Waals surface area contributed by atoms with E-state index < -0.39 is 6.10 Å². The summed E-state index contributed by atoms with van der Waals surface area (Å²) < 4.78 is 5.57. The number of ether oxygens (including phenoxy) is 1. The van der Waals surface area contributed by atoms with Gasteiger partial charge in [0.1, 0.15) is 17.6 Å². The van der Waals surface area contributed by atoms with E-state index in [-0.39, 0.29) is 0 Å². The van der Waals surface area contributed by atoms with Crippen molar-refractivity contribution in [1.29, 1.82) is 5.26 Å². The van der Waals surface area contributed by atoms with Crippen LogP contribution in [0.5, 0.6) is 11.5 Å². The number of rotatable bonds is 3. The zero-order chi connectivity index (χ0) is 13.0. The van der Waals surface area contributed by atoms with Crippen molar-refractivity contribution in [1.82, 2.24) is 4.98 Å². The Morgan fingerprint density at radius 1 is 1.28 bits per heavy atom. The highest BCUT2D eigenvalue weighted by Crippen LogP contribution is 2.24. The van der Waals surface area contributed by atoms with Crippen LogP contribution in [0.4, 0.5) is 0 Å². The van der Waals surface area contributed by atoms with Gasteiger partial charge in [-0.25, -0.2) is 0 Å². The smallest absolute Gasteiger partial charge is 0.145 e. The summed E-state index contributed by atoms with van der Waals surface area (Å²) in [5, 5.41) is 18.3. The van der Waals surface area contributed by atoms with Crippen molar-refractivity contribution >= 4 is 0 Å². The minimum absolute atomic E-state index is 0.470. The average Bonchev–Trinajstić information content (AvgIpc) is 2.40. The van der Waals surface area contributed by atoms with Gasteiger partial charge in [0.15, 0.2) is 0 Å². The normalized spacial score (nSPS) is 11.6. The quantitative estimate of drug-likeness (QED) is 0.895. The number of aromatic nitrogens is 1. The van der Waals surface area contributed by atoms with E-state index in [4.69, 9.17) is 10.00 Å². The second-order valence-electron chi connectivity index (χ2n) is 3.80. The van der Waals surface area contributed by atoms with Crippen LogP contribution in [-0.2, 0) is 0 Å². The Bertz CT molecular complexity index is 571. The molecular weight excluding hydrogens is 228 g/mol. The van der Waals surface area contributed by atoms with E-state index in [1.54, 1.807) is 43.3 Å². The second kappa shape index (κ2) is 5.30. The second-order valence-corrected chi connectivity index (χ2v) is 3.80. The average molecular weight is 240 g/mol. The molecule has 0 radical (unpaired) electrons. The van der Waals surface area contributed by atoms with Gasteiger partial charge in [-0.05, 0) is 31.2 Å². The summed E-state index contributed by atoms with van der Waals surface area (Å²) in [6.07, 6.45) is 0.918. The molecule has 1 N–H and O–H groups in total. The lowest BCUT2D eigenvalue weighted by atomic mass is 10.2. The topological polar surface area (TPSA) is 66.1 Å². The minimum atomic E-state index is -0.606. The fourth-order valence-electron chi connectivity index (χ4n) is 1.47. The first kappa shape index (κ1) is 12.1. The first-order chi connectivity index (χ1) is 8.70. The molecule has 0 saturated heterocycles. The van der Waals surface area contributed by atoms with Gasteiger partial charge in [0.05, 0.1) is 23.6 Å². The van der Waals surface area contributed by atoms with Crippen molar-refractivity contribution < 1.29 is 9.84 Å². The van der Waals surface area contributed by atoms with Crippen LogP contribution in [0.15, 0.2) is 42.6 Å². The fourth-order valence-corrected chi connectivity index (χ4v) is 1.47. The van der Waals surface area contributed by atoms with Crippen molar-refractivity contribution in [3.8, 4) is 17.6 Å². The molecule has 18 heavy (non-hydrogen) atoms. The van der Waals surface area contributed by atoms with Gasteiger partial charge >= 0.3 is 0 Å². The minimum Gasteiger partial charge on any atom is -0.454 e. The summed E-state index contributed by atoms with van der Waals surface area (Å²) in [4.78, 5) is 4.07. The molecule has 0 fully saturated rings. The number of pyridine rings is 1. The number of nitriles is 1. The van der Waals surface area contributed by atoms with Crippen molar-refractivity contribution in [2.75, 3.05) is 0 Å². The third-order valence-corrected chi connectivity index (χ3v) is 2.42. The molecule has 0 saturated carbocycles. The van der Waals surface area contributed by atoms with Gasteiger partial charge in [-0.2, -0.15) is 5.26 Å². The van der Waals surface area contributed by atoms with Crippen LogP contribution in [-0.4, -0.2) is 10.1 Å². The van der Waals surface area contributed by atoms with Crippen molar-refractivity contribution in [2.45, 2.75) is 13.0 Å². The molecule has 0 amide bonds. The third-order valence-electron chi connectivity index (χ3n) is 2.42. The van der Waals surface area contributed by atoms with E-state index in [9.17, 15) is 5.11 Å². The number of nitrogens with zero attached hydrogens (tertiary/aromatic N) is 2. The maximum atomic E-state index is 9.34. The summed E-state index contributed by atoms with van der Waals surface area (Å²) >= 11 is 0. The molecule has 1 heterocycles. The fraction of sp³-hybridized carbons (Fsp3) is 0.143. The van der Waals surface area contributed by atoms with E-state index in [2.05, 4.69) is 11.1 Å². The first-order valence-corrected chi connectivity index (χ1v) is 5.51. The van der Waals surface area contributed by atoms with Gasteiger partial charge < -0.3 is 9.84 Å². The lowest BCUT2D eigenvalue weighted by Gasteiger charge is -2.08. The summed E-state index contributed by atoms with van der Waals surface area (Å²) in [6.45, 7) is 1.65. The number of hydrogen-bond donors (Lipinski definition) is 1. The van der Waals surface area contributed by atoms with E-state index >= 15 is 0 Å². The predicted octanol–water partition coefficient (Wildman–Crippen LogP) is 2.80. The van der Waals surface area contributed by atoms with E-state index in [1.165, 1.54) is 6.20 Å². The third kappa shape index (κ3) is 2.65. The highest BCUT2D eigenvalue weighted by atomic mass is 16.5. The molecular formula is C14H12N2O2. The van der Waals surface area contributed by atoms with Gasteiger partial charge in [0.2, 0.25) is 0 Å².